The van der Waals surface area contributed by atoms with Crippen molar-refractivity contribution in [3.05, 3.63) is 0 Å². The summed E-state index contributed by atoms with van der Waals surface area (Å²) in [6, 6.07) is 0. The van der Waals surface area contributed by atoms with Crippen molar-refractivity contribution >= 4 is 21.7 Å². The van der Waals surface area contributed by atoms with E-state index in [4.69, 9.17) is 0 Å². The Balaban J connectivity index is 1.99. The van der Waals surface area contributed by atoms with Gasteiger partial charge < -0.3 is 10.2 Å². The molecule has 6 nitrogen and oxygen atoms in total. The minimum atomic E-state index is -3.02. The van der Waals surface area contributed by atoms with Gasteiger partial charge >= 0.3 is 0 Å². The molecule has 1 spiro atoms. The summed E-state index contributed by atoms with van der Waals surface area (Å²) in [6.07, 6.45) is 4.78. The molecule has 0 aromatic carbocycles. The molecule has 120 valence electrons. The zero-order chi connectivity index (χ0) is 15.5. The molecule has 2 rings (SSSR count). The Morgan fingerprint density at radius 3 is 2.48 bits per heavy atom. The summed E-state index contributed by atoms with van der Waals surface area (Å²) in [6.45, 7) is 2.01. The third-order valence-corrected chi connectivity index (χ3v) is 6.23. The Labute approximate surface area is 126 Å². The molecule has 21 heavy (non-hydrogen) atoms. The van der Waals surface area contributed by atoms with E-state index in [-0.39, 0.29) is 29.9 Å². The van der Waals surface area contributed by atoms with Crippen molar-refractivity contribution in [3.8, 4) is 0 Å². The molecule has 0 aromatic heterocycles. The summed E-state index contributed by atoms with van der Waals surface area (Å²) in [5.74, 6) is 0.0262. The SMILES string of the molecule is CCS(=O)(=O)CCCN1CC(=O)NC2(CCCCC2)C1=O. The van der Waals surface area contributed by atoms with Crippen LogP contribution in [0, 0.1) is 0 Å². The van der Waals surface area contributed by atoms with E-state index < -0.39 is 15.4 Å². The molecule has 0 aromatic rings. The summed E-state index contributed by atoms with van der Waals surface area (Å²) < 4.78 is 23.0. The molecule has 1 saturated carbocycles. The molecule has 1 heterocycles. The Morgan fingerprint density at radius 2 is 1.86 bits per heavy atom. The fourth-order valence-electron chi connectivity index (χ4n) is 3.20. The second kappa shape index (κ2) is 6.34. The van der Waals surface area contributed by atoms with Crippen LogP contribution >= 0.6 is 0 Å². The zero-order valence-electron chi connectivity index (χ0n) is 12.6. The highest BCUT2D eigenvalue weighted by molar-refractivity contribution is 7.91. The second-order valence-corrected chi connectivity index (χ2v) is 8.48. The van der Waals surface area contributed by atoms with E-state index in [1.54, 1.807) is 6.92 Å². The minimum Gasteiger partial charge on any atom is -0.340 e. The van der Waals surface area contributed by atoms with Gasteiger partial charge in [0.25, 0.3) is 0 Å². The fourth-order valence-corrected chi connectivity index (χ4v) is 4.06. The van der Waals surface area contributed by atoms with Crippen LogP contribution in [0.25, 0.3) is 0 Å². The number of carbonyl (C=O) groups is 2. The monoisotopic (exact) mass is 316 g/mol. The summed E-state index contributed by atoms with van der Waals surface area (Å²) in [4.78, 5) is 26.1. The van der Waals surface area contributed by atoms with Crippen LogP contribution in [0.4, 0.5) is 0 Å². The van der Waals surface area contributed by atoms with Crippen molar-refractivity contribution < 1.29 is 18.0 Å². The average Bonchev–Trinajstić information content (AvgIpc) is 2.45. The third-order valence-electron chi connectivity index (χ3n) is 4.44. The normalized spacial score (nSPS) is 22.4. The number of hydrogen-bond donors (Lipinski definition) is 1. The molecule has 1 saturated heterocycles. The highest BCUT2D eigenvalue weighted by atomic mass is 32.2. The lowest BCUT2D eigenvalue weighted by Gasteiger charge is -2.44. The number of amides is 2. The van der Waals surface area contributed by atoms with Crippen molar-refractivity contribution in [2.45, 2.75) is 51.0 Å². The quantitative estimate of drug-likeness (QED) is 0.799. The number of rotatable bonds is 5. The highest BCUT2D eigenvalue weighted by Crippen LogP contribution is 2.31. The van der Waals surface area contributed by atoms with Crippen molar-refractivity contribution in [3.63, 3.8) is 0 Å². The van der Waals surface area contributed by atoms with Gasteiger partial charge in [-0.2, -0.15) is 0 Å². The van der Waals surface area contributed by atoms with Gasteiger partial charge in [0.15, 0.2) is 0 Å². The van der Waals surface area contributed by atoms with E-state index in [2.05, 4.69) is 5.32 Å². The molecule has 0 unspecified atom stereocenters. The molecule has 1 aliphatic heterocycles. The van der Waals surface area contributed by atoms with Crippen LogP contribution in [0.3, 0.4) is 0 Å². The third kappa shape index (κ3) is 3.75. The molecule has 1 N–H and O–H groups in total. The average molecular weight is 316 g/mol. The standard InChI is InChI=1S/C14H24N2O4S/c1-2-21(19,20)10-6-9-16-11-12(17)15-14(13(16)18)7-4-3-5-8-14/h2-11H2,1H3,(H,15,17). The number of nitrogens with zero attached hydrogens (tertiary/aromatic N) is 1. The van der Waals surface area contributed by atoms with Crippen LogP contribution in [0.15, 0.2) is 0 Å². The molecule has 2 aliphatic rings. The zero-order valence-corrected chi connectivity index (χ0v) is 13.4. The Kier molecular flexibility index (Phi) is 4.91. The second-order valence-electron chi connectivity index (χ2n) is 6.01. The lowest BCUT2D eigenvalue weighted by Crippen LogP contribution is -2.67. The van der Waals surface area contributed by atoms with E-state index in [1.807, 2.05) is 0 Å². The Morgan fingerprint density at radius 1 is 1.19 bits per heavy atom. The highest BCUT2D eigenvalue weighted by Gasteiger charge is 2.46. The van der Waals surface area contributed by atoms with Crippen molar-refractivity contribution in [1.82, 2.24) is 10.2 Å². The molecule has 0 bridgehead atoms. The molecule has 7 heteroatoms. The van der Waals surface area contributed by atoms with Gasteiger partial charge in [-0.3, -0.25) is 9.59 Å². The first kappa shape index (κ1) is 16.3. The number of piperazine rings is 1. The van der Waals surface area contributed by atoms with Gasteiger partial charge in [-0.1, -0.05) is 26.2 Å². The largest absolute Gasteiger partial charge is 0.340 e. The Bertz CT molecular complexity index is 509. The summed E-state index contributed by atoms with van der Waals surface area (Å²) in [5, 5.41) is 2.88. The minimum absolute atomic E-state index is 0.0318. The fraction of sp³-hybridized carbons (Fsp3) is 0.857. The Hall–Kier alpha value is -1.11. The number of sulfone groups is 1. The van der Waals surface area contributed by atoms with E-state index in [0.29, 0.717) is 25.8 Å². The lowest BCUT2D eigenvalue weighted by molar-refractivity contribution is -0.151. The molecule has 2 amide bonds. The maximum absolute atomic E-state index is 12.6. The van der Waals surface area contributed by atoms with Gasteiger partial charge in [-0.05, 0) is 19.3 Å². The van der Waals surface area contributed by atoms with Crippen LogP contribution in [0.1, 0.15) is 45.4 Å². The van der Waals surface area contributed by atoms with Crippen LogP contribution in [-0.4, -0.2) is 55.3 Å². The smallest absolute Gasteiger partial charge is 0.248 e. The van der Waals surface area contributed by atoms with Crippen LogP contribution in [-0.2, 0) is 19.4 Å². The van der Waals surface area contributed by atoms with E-state index in [9.17, 15) is 18.0 Å². The van der Waals surface area contributed by atoms with Crippen molar-refractivity contribution in [1.29, 1.82) is 0 Å². The molecular weight excluding hydrogens is 292 g/mol. The maximum Gasteiger partial charge on any atom is 0.248 e. The molecular formula is C14H24N2O4S. The lowest BCUT2D eigenvalue weighted by atomic mass is 9.79. The molecule has 0 radical (unpaired) electrons. The summed E-state index contributed by atoms with van der Waals surface area (Å²) in [5.41, 5.74) is -0.725. The van der Waals surface area contributed by atoms with Crippen LogP contribution < -0.4 is 5.32 Å². The number of hydrogen-bond acceptors (Lipinski definition) is 4. The predicted octanol–water partition coefficient (Wildman–Crippen LogP) is 0.473. The summed E-state index contributed by atoms with van der Waals surface area (Å²) in [7, 11) is -3.02. The first-order valence-corrected chi connectivity index (χ1v) is 9.51. The number of nitrogens with one attached hydrogen (secondary N) is 1. The first-order chi connectivity index (χ1) is 9.88. The van der Waals surface area contributed by atoms with Gasteiger partial charge in [-0.25, -0.2) is 8.42 Å². The van der Waals surface area contributed by atoms with Crippen molar-refractivity contribution in [2.75, 3.05) is 24.6 Å². The van der Waals surface area contributed by atoms with Gasteiger partial charge in [-0.15, -0.1) is 0 Å². The van der Waals surface area contributed by atoms with Crippen LogP contribution in [0.5, 0.6) is 0 Å². The van der Waals surface area contributed by atoms with Crippen LogP contribution in [0.2, 0.25) is 0 Å². The summed E-state index contributed by atoms with van der Waals surface area (Å²) >= 11 is 0. The van der Waals surface area contributed by atoms with Gasteiger partial charge in [0.05, 0.1) is 12.3 Å². The van der Waals surface area contributed by atoms with E-state index in [0.717, 1.165) is 19.3 Å². The topological polar surface area (TPSA) is 83.6 Å². The predicted molar refractivity (Wildman–Crippen MR) is 79.5 cm³/mol. The van der Waals surface area contributed by atoms with Gasteiger partial charge in [0.1, 0.15) is 15.4 Å². The van der Waals surface area contributed by atoms with E-state index >= 15 is 0 Å². The van der Waals surface area contributed by atoms with Crippen molar-refractivity contribution in [2.24, 2.45) is 0 Å². The molecule has 2 fully saturated rings. The number of carbonyl (C=O) groups excluding carboxylic acids is 2. The van der Waals surface area contributed by atoms with Gasteiger partial charge in [0, 0.05) is 12.3 Å². The molecule has 1 aliphatic carbocycles. The maximum atomic E-state index is 12.6. The molecule has 0 atom stereocenters. The first-order valence-electron chi connectivity index (χ1n) is 7.69. The van der Waals surface area contributed by atoms with E-state index in [1.165, 1.54) is 4.90 Å². The van der Waals surface area contributed by atoms with Gasteiger partial charge in [0.2, 0.25) is 11.8 Å².